The van der Waals surface area contributed by atoms with Gasteiger partial charge in [0.2, 0.25) is 11.8 Å². The Morgan fingerprint density at radius 1 is 1.42 bits per heavy atom. The number of carbonyl (C=O) groups is 2. The molecule has 0 saturated carbocycles. The third-order valence-corrected chi connectivity index (χ3v) is 4.17. The molecule has 0 fully saturated rings. The molecule has 128 valence electrons. The molecular formula is C15H19N5O3S. The lowest BCUT2D eigenvalue weighted by molar-refractivity contribution is -0.131. The number of hydrogen-bond donors (Lipinski definition) is 1. The number of nitrogens with one attached hydrogen (secondary N) is 1. The molecule has 0 aliphatic carbocycles. The summed E-state index contributed by atoms with van der Waals surface area (Å²) >= 11 is 1.28. The molecular weight excluding hydrogens is 330 g/mol. The molecule has 0 unspecified atom stereocenters. The fraction of sp³-hybridized carbons (Fsp3) is 0.333. The van der Waals surface area contributed by atoms with Crippen LogP contribution in [0.4, 0.5) is 5.69 Å². The summed E-state index contributed by atoms with van der Waals surface area (Å²) in [6.07, 6.45) is 1.57. The zero-order chi connectivity index (χ0) is 17.5. The smallest absolute Gasteiger partial charge is 0.243 e. The normalized spacial score (nSPS) is 10.3. The van der Waals surface area contributed by atoms with Crippen LogP contribution in [0.25, 0.3) is 0 Å². The zero-order valence-corrected chi connectivity index (χ0v) is 14.5. The van der Waals surface area contributed by atoms with Crippen molar-refractivity contribution in [3.63, 3.8) is 0 Å². The fourth-order valence-electron chi connectivity index (χ4n) is 1.84. The van der Waals surface area contributed by atoms with E-state index >= 15 is 0 Å². The van der Waals surface area contributed by atoms with Crippen molar-refractivity contribution < 1.29 is 14.3 Å². The Labute approximate surface area is 144 Å². The van der Waals surface area contributed by atoms with Crippen molar-refractivity contribution in [1.82, 2.24) is 19.7 Å². The number of aromatic nitrogens is 3. The summed E-state index contributed by atoms with van der Waals surface area (Å²) in [4.78, 5) is 25.5. The van der Waals surface area contributed by atoms with Gasteiger partial charge in [-0.05, 0) is 12.1 Å². The van der Waals surface area contributed by atoms with E-state index in [1.54, 1.807) is 56.4 Å². The first-order valence-corrected chi connectivity index (χ1v) is 8.13. The van der Waals surface area contributed by atoms with Gasteiger partial charge in [-0.25, -0.2) is 0 Å². The second-order valence-corrected chi connectivity index (χ2v) is 5.99. The van der Waals surface area contributed by atoms with Crippen molar-refractivity contribution in [2.45, 2.75) is 5.16 Å². The maximum Gasteiger partial charge on any atom is 0.243 e. The van der Waals surface area contributed by atoms with Crippen LogP contribution >= 0.6 is 11.8 Å². The van der Waals surface area contributed by atoms with Gasteiger partial charge in [0.05, 0.1) is 19.4 Å². The Bertz CT molecular complexity index is 719. The van der Waals surface area contributed by atoms with Crippen LogP contribution in [0, 0.1) is 0 Å². The molecule has 9 heteroatoms. The van der Waals surface area contributed by atoms with Gasteiger partial charge in [-0.3, -0.25) is 9.59 Å². The van der Waals surface area contributed by atoms with Crippen LogP contribution in [0.5, 0.6) is 5.75 Å². The number of methoxy groups -OCH3 is 1. The maximum absolute atomic E-state index is 12.1. The molecule has 0 spiro atoms. The second-order valence-electron chi connectivity index (χ2n) is 5.04. The minimum Gasteiger partial charge on any atom is -0.497 e. The Kier molecular flexibility index (Phi) is 6.19. The first-order valence-electron chi connectivity index (χ1n) is 7.14. The molecule has 1 aromatic carbocycles. The lowest BCUT2D eigenvalue weighted by Crippen LogP contribution is -2.36. The van der Waals surface area contributed by atoms with E-state index in [1.165, 1.54) is 16.7 Å². The van der Waals surface area contributed by atoms with Gasteiger partial charge in [0, 0.05) is 25.8 Å². The minimum absolute atomic E-state index is 0.0323. The SMILES string of the molecule is COc1cccc(NC(=O)CN(C)C(=O)CSc2nncn2C)c1. The molecule has 8 nitrogen and oxygen atoms in total. The molecule has 2 rings (SSSR count). The number of rotatable bonds is 7. The molecule has 1 heterocycles. The fourth-order valence-corrected chi connectivity index (χ4v) is 2.67. The number of amides is 2. The van der Waals surface area contributed by atoms with E-state index in [-0.39, 0.29) is 24.1 Å². The van der Waals surface area contributed by atoms with Gasteiger partial charge in [-0.2, -0.15) is 0 Å². The Hall–Kier alpha value is -2.55. The van der Waals surface area contributed by atoms with Crippen LogP contribution in [0.2, 0.25) is 0 Å². The quantitative estimate of drug-likeness (QED) is 0.751. The van der Waals surface area contributed by atoms with E-state index in [1.807, 2.05) is 0 Å². The molecule has 24 heavy (non-hydrogen) atoms. The third kappa shape index (κ3) is 4.98. The van der Waals surface area contributed by atoms with Crippen LogP contribution in [0.3, 0.4) is 0 Å². The molecule has 0 saturated heterocycles. The molecule has 2 aromatic rings. The van der Waals surface area contributed by atoms with Crippen LogP contribution in [0.15, 0.2) is 35.7 Å². The predicted molar refractivity (Wildman–Crippen MR) is 91.0 cm³/mol. The van der Waals surface area contributed by atoms with Gasteiger partial charge in [-0.15, -0.1) is 10.2 Å². The summed E-state index contributed by atoms with van der Waals surface area (Å²) in [5.41, 5.74) is 0.619. The third-order valence-electron chi connectivity index (χ3n) is 3.15. The highest BCUT2D eigenvalue weighted by molar-refractivity contribution is 7.99. The topological polar surface area (TPSA) is 89.3 Å². The lowest BCUT2D eigenvalue weighted by atomic mass is 10.3. The second kappa shape index (κ2) is 8.34. The highest BCUT2D eigenvalue weighted by Gasteiger charge is 2.15. The zero-order valence-electron chi connectivity index (χ0n) is 13.7. The average molecular weight is 349 g/mol. The molecule has 1 aromatic heterocycles. The summed E-state index contributed by atoms with van der Waals surface area (Å²) < 4.78 is 6.83. The number of likely N-dealkylation sites (N-methyl/N-ethyl adjacent to an activating group) is 1. The van der Waals surface area contributed by atoms with Crippen LogP contribution in [0.1, 0.15) is 0 Å². The maximum atomic E-state index is 12.1. The summed E-state index contributed by atoms with van der Waals surface area (Å²) in [5.74, 6) is 0.402. The first kappa shape index (κ1) is 17.8. The molecule has 0 aliphatic rings. The molecule has 0 aliphatic heterocycles. The van der Waals surface area contributed by atoms with Crippen molar-refractivity contribution in [2.24, 2.45) is 7.05 Å². The minimum atomic E-state index is -0.275. The molecule has 2 amide bonds. The number of ether oxygens (including phenoxy) is 1. The van der Waals surface area contributed by atoms with E-state index in [9.17, 15) is 9.59 Å². The van der Waals surface area contributed by atoms with Gasteiger partial charge in [-0.1, -0.05) is 17.8 Å². The lowest BCUT2D eigenvalue weighted by Gasteiger charge is -2.16. The number of anilines is 1. The molecule has 0 bridgehead atoms. The Morgan fingerprint density at radius 2 is 2.21 bits per heavy atom. The highest BCUT2D eigenvalue weighted by atomic mass is 32.2. The monoisotopic (exact) mass is 349 g/mol. The Balaban J connectivity index is 1.81. The molecule has 1 N–H and O–H groups in total. The van der Waals surface area contributed by atoms with E-state index in [0.29, 0.717) is 16.6 Å². The van der Waals surface area contributed by atoms with Gasteiger partial charge in [0.1, 0.15) is 12.1 Å². The van der Waals surface area contributed by atoms with E-state index in [2.05, 4.69) is 15.5 Å². The number of benzene rings is 1. The number of aryl methyl sites for hydroxylation is 1. The van der Waals surface area contributed by atoms with Gasteiger partial charge < -0.3 is 19.5 Å². The first-order chi connectivity index (χ1) is 11.5. The van der Waals surface area contributed by atoms with Crippen molar-refractivity contribution in [2.75, 3.05) is 31.8 Å². The predicted octanol–water partition coefficient (Wildman–Crippen LogP) is 1.01. The molecule has 0 radical (unpaired) electrons. The van der Waals surface area contributed by atoms with Crippen molar-refractivity contribution in [3.05, 3.63) is 30.6 Å². The summed E-state index contributed by atoms with van der Waals surface area (Å²) in [6.45, 7) is -0.0323. The Morgan fingerprint density at radius 3 is 2.88 bits per heavy atom. The van der Waals surface area contributed by atoms with Crippen LogP contribution in [-0.2, 0) is 16.6 Å². The van der Waals surface area contributed by atoms with Crippen molar-refractivity contribution in [1.29, 1.82) is 0 Å². The number of nitrogens with zero attached hydrogens (tertiary/aromatic N) is 4. The number of carbonyl (C=O) groups excluding carboxylic acids is 2. The van der Waals surface area contributed by atoms with Crippen LogP contribution < -0.4 is 10.1 Å². The van der Waals surface area contributed by atoms with Gasteiger partial charge in [0.15, 0.2) is 5.16 Å². The average Bonchev–Trinajstić information content (AvgIpc) is 2.97. The molecule has 0 atom stereocenters. The summed E-state index contributed by atoms with van der Waals surface area (Å²) in [7, 11) is 4.95. The largest absolute Gasteiger partial charge is 0.497 e. The van der Waals surface area contributed by atoms with E-state index < -0.39 is 0 Å². The summed E-state index contributed by atoms with van der Waals surface area (Å²) in [6, 6.07) is 7.03. The number of thioether (sulfide) groups is 1. The summed E-state index contributed by atoms with van der Waals surface area (Å²) in [5, 5.41) is 11.0. The highest BCUT2D eigenvalue weighted by Crippen LogP contribution is 2.17. The van der Waals surface area contributed by atoms with E-state index in [4.69, 9.17) is 4.74 Å². The van der Waals surface area contributed by atoms with E-state index in [0.717, 1.165) is 0 Å². The standard InChI is InChI=1S/C15H19N5O3S/c1-19(14(22)9-24-15-18-16-10-20(15)2)8-13(21)17-11-5-4-6-12(7-11)23-3/h4-7,10H,8-9H2,1-3H3,(H,17,21). The van der Waals surface area contributed by atoms with Gasteiger partial charge >= 0.3 is 0 Å². The van der Waals surface area contributed by atoms with Crippen LogP contribution in [-0.4, -0.2) is 57.9 Å². The van der Waals surface area contributed by atoms with Crippen molar-refractivity contribution in [3.8, 4) is 5.75 Å². The van der Waals surface area contributed by atoms with Crippen molar-refractivity contribution >= 4 is 29.3 Å². The van der Waals surface area contributed by atoms with Gasteiger partial charge in [0.25, 0.3) is 0 Å². The number of hydrogen-bond acceptors (Lipinski definition) is 6.